The van der Waals surface area contributed by atoms with Crippen molar-refractivity contribution >= 4 is 23.0 Å². The standard InChI is InChI=1S/C11H14ClFN2O3/c1-11(2,6-16)5-14-9-4-8(13)7(12)3-10(9)15(17)18/h3-4,14,16H,5-6H2,1-2H3. The minimum atomic E-state index is -0.730. The maximum atomic E-state index is 13.3. The van der Waals surface area contributed by atoms with Gasteiger partial charge in [-0.25, -0.2) is 4.39 Å². The second-order valence-corrected chi connectivity index (χ2v) is 5.12. The largest absolute Gasteiger partial charge is 0.396 e. The average molecular weight is 277 g/mol. The van der Waals surface area contributed by atoms with Gasteiger partial charge in [-0.2, -0.15) is 0 Å². The molecule has 0 radical (unpaired) electrons. The van der Waals surface area contributed by atoms with Crippen molar-refractivity contribution in [3.63, 3.8) is 0 Å². The normalized spacial score (nSPS) is 11.4. The summed E-state index contributed by atoms with van der Waals surface area (Å²) in [5.74, 6) is -0.730. The molecule has 5 nitrogen and oxygen atoms in total. The molecule has 0 aliphatic carbocycles. The number of nitrogens with one attached hydrogen (secondary N) is 1. The number of hydrogen-bond acceptors (Lipinski definition) is 4. The predicted octanol–water partition coefficient (Wildman–Crippen LogP) is 2.82. The average Bonchev–Trinajstić information content (AvgIpc) is 2.30. The van der Waals surface area contributed by atoms with E-state index in [9.17, 15) is 14.5 Å². The van der Waals surface area contributed by atoms with E-state index in [0.717, 1.165) is 12.1 Å². The number of hydrogen-bond donors (Lipinski definition) is 2. The van der Waals surface area contributed by atoms with Crippen molar-refractivity contribution in [2.45, 2.75) is 13.8 Å². The highest BCUT2D eigenvalue weighted by Crippen LogP contribution is 2.31. The molecule has 0 aliphatic rings. The molecule has 0 saturated heterocycles. The minimum absolute atomic E-state index is 0.0448. The van der Waals surface area contributed by atoms with Crippen LogP contribution in [0.1, 0.15) is 13.8 Å². The van der Waals surface area contributed by atoms with Gasteiger partial charge in [0.1, 0.15) is 11.5 Å². The molecular weight excluding hydrogens is 263 g/mol. The molecular formula is C11H14ClFN2O3. The van der Waals surface area contributed by atoms with Gasteiger partial charge in [-0.3, -0.25) is 10.1 Å². The molecule has 0 fully saturated rings. The quantitative estimate of drug-likeness (QED) is 0.640. The first-order chi connectivity index (χ1) is 8.26. The van der Waals surface area contributed by atoms with E-state index in [1.807, 2.05) is 0 Å². The lowest BCUT2D eigenvalue weighted by Gasteiger charge is -2.22. The first-order valence-electron chi connectivity index (χ1n) is 5.25. The summed E-state index contributed by atoms with van der Waals surface area (Å²) < 4.78 is 13.3. The topological polar surface area (TPSA) is 75.4 Å². The molecule has 100 valence electrons. The fourth-order valence-corrected chi connectivity index (χ4v) is 1.38. The van der Waals surface area contributed by atoms with Crippen LogP contribution in [0.2, 0.25) is 5.02 Å². The number of anilines is 1. The Morgan fingerprint density at radius 1 is 1.56 bits per heavy atom. The molecule has 1 aromatic rings. The van der Waals surface area contributed by atoms with E-state index in [0.29, 0.717) is 0 Å². The van der Waals surface area contributed by atoms with Gasteiger partial charge in [0.2, 0.25) is 0 Å². The number of nitro groups is 1. The molecule has 0 aliphatic heterocycles. The van der Waals surface area contributed by atoms with Crippen LogP contribution in [0, 0.1) is 21.3 Å². The maximum Gasteiger partial charge on any atom is 0.294 e. The molecule has 2 N–H and O–H groups in total. The summed E-state index contributed by atoms with van der Waals surface area (Å²) in [6.45, 7) is 3.73. The van der Waals surface area contributed by atoms with Crippen LogP contribution in [0.4, 0.5) is 15.8 Å². The van der Waals surface area contributed by atoms with Crippen molar-refractivity contribution in [1.82, 2.24) is 0 Å². The monoisotopic (exact) mass is 276 g/mol. The fourth-order valence-electron chi connectivity index (χ4n) is 1.22. The molecule has 0 unspecified atom stereocenters. The summed E-state index contributed by atoms with van der Waals surface area (Å²) in [7, 11) is 0. The van der Waals surface area contributed by atoms with E-state index in [1.165, 1.54) is 0 Å². The van der Waals surface area contributed by atoms with Crippen molar-refractivity contribution in [1.29, 1.82) is 0 Å². The molecule has 0 amide bonds. The summed E-state index contributed by atoms with van der Waals surface area (Å²) in [5.41, 5.74) is -0.720. The van der Waals surface area contributed by atoms with E-state index in [4.69, 9.17) is 16.7 Å². The highest BCUT2D eigenvalue weighted by molar-refractivity contribution is 6.31. The first kappa shape index (κ1) is 14.7. The zero-order valence-corrected chi connectivity index (χ0v) is 10.8. The molecule has 7 heteroatoms. The van der Waals surface area contributed by atoms with Gasteiger partial charge in [-0.05, 0) is 0 Å². The van der Waals surface area contributed by atoms with E-state index in [-0.39, 0.29) is 29.5 Å². The Hall–Kier alpha value is -1.40. The van der Waals surface area contributed by atoms with Crippen LogP contribution in [-0.4, -0.2) is 23.2 Å². The highest BCUT2D eigenvalue weighted by atomic mass is 35.5. The summed E-state index contributed by atoms with van der Waals surface area (Å²) in [6.07, 6.45) is 0. The molecule has 0 saturated carbocycles. The molecule has 1 rings (SSSR count). The Morgan fingerprint density at radius 2 is 2.17 bits per heavy atom. The maximum absolute atomic E-state index is 13.3. The summed E-state index contributed by atoms with van der Waals surface area (Å²) in [6, 6.07) is 1.94. The smallest absolute Gasteiger partial charge is 0.294 e. The van der Waals surface area contributed by atoms with Crippen LogP contribution in [0.3, 0.4) is 0 Å². The van der Waals surface area contributed by atoms with E-state index >= 15 is 0 Å². The molecule has 1 aromatic carbocycles. The van der Waals surface area contributed by atoms with Crippen LogP contribution in [0.15, 0.2) is 12.1 Å². The number of rotatable bonds is 5. The van der Waals surface area contributed by atoms with Crippen molar-refractivity contribution < 1.29 is 14.4 Å². The van der Waals surface area contributed by atoms with Crippen LogP contribution >= 0.6 is 11.6 Å². The third-order valence-corrected chi connectivity index (χ3v) is 2.71. The van der Waals surface area contributed by atoms with Gasteiger partial charge in [0.25, 0.3) is 5.69 Å². The van der Waals surface area contributed by atoms with Crippen LogP contribution in [0.5, 0.6) is 0 Å². The Balaban J connectivity index is 3.01. The third kappa shape index (κ3) is 3.54. The van der Waals surface area contributed by atoms with Gasteiger partial charge in [0.05, 0.1) is 9.95 Å². The van der Waals surface area contributed by atoms with E-state index < -0.39 is 16.2 Å². The predicted molar refractivity (Wildman–Crippen MR) is 67.4 cm³/mol. The molecule has 0 atom stereocenters. The lowest BCUT2D eigenvalue weighted by atomic mass is 9.95. The summed E-state index contributed by atoms with van der Waals surface area (Å²) in [4.78, 5) is 10.2. The first-order valence-corrected chi connectivity index (χ1v) is 5.63. The lowest BCUT2D eigenvalue weighted by molar-refractivity contribution is -0.384. The van der Waals surface area contributed by atoms with Gasteiger partial charge >= 0.3 is 0 Å². The fraction of sp³-hybridized carbons (Fsp3) is 0.455. The number of aliphatic hydroxyl groups is 1. The molecule has 0 aromatic heterocycles. The SMILES string of the molecule is CC(C)(CO)CNc1cc(F)c(Cl)cc1[N+](=O)[O-]. The number of nitro benzene ring substituents is 1. The van der Waals surface area contributed by atoms with E-state index in [1.54, 1.807) is 13.8 Å². The Kier molecular flexibility index (Phi) is 4.48. The summed E-state index contributed by atoms with van der Waals surface area (Å²) >= 11 is 5.50. The second-order valence-electron chi connectivity index (χ2n) is 4.72. The highest BCUT2D eigenvalue weighted by Gasteiger charge is 2.21. The minimum Gasteiger partial charge on any atom is -0.396 e. The lowest BCUT2D eigenvalue weighted by Crippen LogP contribution is -2.27. The van der Waals surface area contributed by atoms with Crippen molar-refractivity contribution in [2.75, 3.05) is 18.5 Å². The number of benzene rings is 1. The number of aliphatic hydroxyl groups excluding tert-OH is 1. The van der Waals surface area contributed by atoms with Gasteiger partial charge < -0.3 is 10.4 Å². The van der Waals surface area contributed by atoms with Crippen molar-refractivity contribution in [3.05, 3.63) is 33.1 Å². The van der Waals surface area contributed by atoms with Gasteiger partial charge in [-0.1, -0.05) is 25.4 Å². The molecule has 0 heterocycles. The third-order valence-electron chi connectivity index (χ3n) is 2.42. The molecule has 18 heavy (non-hydrogen) atoms. The molecule has 0 bridgehead atoms. The Labute approximate surface area is 109 Å². The van der Waals surface area contributed by atoms with Crippen molar-refractivity contribution in [3.8, 4) is 0 Å². The van der Waals surface area contributed by atoms with Gasteiger partial charge in [0, 0.05) is 30.7 Å². The number of halogens is 2. The molecule has 0 spiro atoms. The van der Waals surface area contributed by atoms with Crippen LogP contribution < -0.4 is 5.32 Å². The zero-order chi connectivity index (χ0) is 13.9. The number of nitrogens with zero attached hydrogens (tertiary/aromatic N) is 1. The van der Waals surface area contributed by atoms with Crippen LogP contribution in [0.25, 0.3) is 0 Å². The Morgan fingerprint density at radius 3 is 2.67 bits per heavy atom. The van der Waals surface area contributed by atoms with Gasteiger partial charge in [-0.15, -0.1) is 0 Å². The van der Waals surface area contributed by atoms with Crippen molar-refractivity contribution in [2.24, 2.45) is 5.41 Å². The summed E-state index contributed by atoms with van der Waals surface area (Å²) in [5, 5.41) is 22.4. The zero-order valence-electron chi connectivity index (χ0n) is 10.0. The second kappa shape index (κ2) is 5.49. The van der Waals surface area contributed by atoms with Crippen LogP contribution in [-0.2, 0) is 0 Å². The van der Waals surface area contributed by atoms with E-state index in [2.05, 4.69) is 5.32 Å². The Bertz CT molecular complexity index is 466. The van der Waals surface area contributed by atoms with Gasteiger partial charge in [0.15, 0.2) is 0 Å².